The zero-order valence-electron chi connectivity index (χ0n) is 15.1. The molecule has 0 saturated carbocycles. The molecule has 2 aliphatic rings. The van der Waals surface area contributed by atoms with Crippen molar-refractivity contribution in [2.24, 2.45) is 0 Å². The maximum absolute atomic E-state index is 13.9. The van der Waals surface area contributed by atoms with Crippen molar-refractivity contribution in [3.8, 4) is 0 Å². The van der Waals surface area contributed by atoms with E-state index in [1.54, 1.807) is 12.1 Å². The quantitative estimate of drug-likeness (QED) is 0.708. The van der Waals surface area contributed by atoms with Gasteiger partial charge in [0.2, 0.25) is 5.95 Å². The highest BCUT2D eigenvalue weighted by atomic mass is 19.1. The van der Waals surface area contributed by atoms with Crippen LogP contribution >= 0.6 is 0 Å². The number of anilines is 1. The Bertz CT molecular complexity index is 1130. The lowest BCUT2D eigenvalue weighted by Gasteiger charge is -2.35. The van der Waals surface area contributed by atoms with Crippen LogP contribution in [0.2, 0.25) is 0 Å². The lowest BCUT2D eigenvalue weighted by molar-refractivity contribution is -0.116. The average molecular weight is 396 g/mol. The molecule has 29 heavy (non-hydrogen) atoms. The standard InChI is InChI=1S/C21H15F3N4O/c22-14-3-1-11(2-4-14)12-7-17-19(18(29)8-12)20(28-21(27-17)25-10-26-28)13-5-15(23)9-16(24)6-13/h1-6,9-10,12,20H,7-8H2,(H,25,26,27)/t12-,20-/m0/s1. The fourth-order valence-electron chi connectivity index (χ4n) is 4.16. The van der Waals surface area contributed by atoms with E-state index in [1.807, 2.05) is 0 Å². The summed E-state index contributed by atoms with van der Waals surface area (Å²) in [5, 5.41) is 7.29. The van der Waals surface area contributed by atoms with Gasteiger partial charge in [-0.1, -0.05) is 12.1 Å². The van der Waals surface area contributed by atoms with Crippen molar-refractivity contribution in [2.75, 3.05) is 5.32 Å². The Balaban J connectivity index is 1.61. The van der Waals surface area contributed by atoms with E-state index < -0.39 is 17.7 Å². The minimum Gasteiger partial charge on any atom is -0.328 e. The fraction of sp³-hybridized carbons (Fsp3) is 0.190. The van der Waals surface area contributed by atoms with Crippen molar-refractivity contribution >= 4 is 11.7 Å². The van der Waals surface area contributed by atoms with Crippen molar-refractivity contribution in [1.82, 2.24) is 14.8 Å². The summed E-state index contributed by atoms with van der Waals surface area (Å²) >= 11 is 0. The van der Waals surface area contributed by atoms with Crippen LogP contribution in [0.5, 0.6) is 0 Å². The molecule has 8 heteroatoms. The highest BCUT2D eigenvalue weighted by Crippen LogP contribution is 2.43. The van der Waals surface area contributed by atoms with Crippen LogP contribution in [0.3, 0.4) is 0 Å². The number of benzene rings is 2. The molecule has 2 aromatic carbocycles. The minimum absolute atomic E-state index is 0.131. The number of hydrogen-bond donors (Lipinski definition) is 1. The van der Waals surface area contributed by atoms with E-state index in [9.17, 15) is 18.0 Å². The molecule has 1 aliphatic heterocycles. The SMILES string of the molecule is O=C1C[C@@H](c2ccc(F)cc2)CC2=C1[C@H](c1cc(F)cc(F)c1)n1ncnc1N2. The summed E-state index contributed by atoms with van der Waals surface area (Å²) < 4.78 is 42.5. The Morgan fingerprint density at radius 2 is 1.66 bits per heavy atom. The highest BCUT2D eigenvalue weighted by molar-refractivity contribution is 6.00. The second kappa shape index (κ2) is 6.58. The zero-order valence-corrected chi connectivity index (χ0v) is 15.1. The van der Waals surface area contributed by atoms with Gasteiger partial charge in [0.25, 0.3) is 0 Å². The maximum Gasteiger partial charge on any atom is 0.226 e. The van der Waals surface area contributed by atoms with E-state index in [-0.39, 0.29) is 29.5 Å². The molecule has 1 aliphatic carbocycles. The molecule has 5 rings (SSSR count). The average Bonchev–Trinajstić information content (AvgIpc) is 3.14. The van der Waals surface area contributed by atoms with E-state index >= 15 is 0 Å². The van der Waals surface area contributed by atoms with Crippen molar-refractivity contribution < 1.29 is 18.0 Å². The van der Waals surface area contributed by atoms with Crippen molar-refractivity contribution in [3.05, 3.63) is 88.6 Å². The van der Waals surface area contributed by atoms with Crippen LogP contribution in [0.1, 0.15) is 35.9 Å². The molecule has 5 nitrogen and oxygen atoms in total. The molecule has 0 fully saturated rings. The minimum atomic E-state index is -0.768. The van der Waals surface area contributed by atoms with Gasteiger partial charge in [0, 0.05) is 23.8 Å². The number of carbonyl (C=O) groups excluding carboxylic acids is 1. The van der Waals surface area contributed by atoms with Crippen LogP contribution in [-0.2, 0) is 4.79 Å². The van der Waals surface area contributed by atoms with Gasteiger partial charge in [-0.25, -0.2) is 17.9 Å². The fourth-order valence-corrected chi connectivity index (χ4v) is 4.16. The van der Waals surface area contributed by atoms with Gasteiger partial charge in [0.1, 0.15) is 29.8 Å². The number of ketones is 1. The number of fused-ring (bicyclic) bond motifs is 1. The predicted molar refractivity (Wildman–Crippen MR) is 98.5 cm³/mol. The first-order valence-corrected chi connectivity index (χ1v) is 9.14. The first kappa shape index (κ1) is 17.7. The van der Waals surface area contributed by atoms with Gasteiger partial charge in [-0.2, -0.15) is 10.1 Å². The number of nitrogens with zero attached hydrogens (tertiary/aromatic N) is 3. The van der Waals surface area contributed by atoms with Gasteiger partial charge >= 0.3 is 0 Å². The van der Waals surface area contributed by atoms with Crippen molar-refractivity contribution in [3.63, 3.8) is 0 Å². The first-order chi connectivity index (χ1) is 14.0. The number of nitrogens with one attached hydrogen (secondary N) is 1. The molecule has 1 aromatic heterocycles. The Labute approximate surface area is 163 Å². The third-order valence-corrected chi connectivity index (χ3v) is 5.40. The predicted octanol–water partition coefficient (Wildman–Crippen LogP) is 4.11. The Morgan fingerprint density at radius 1 is 0.931 bits per heavy atom. The molecule has 0 unspecified atom stereocenters. The maximum atomic E-state index is 13.9. The van der Waals surface area contributed by atoms with Crippen LogP contribution in [0.15, 0.2) is 60.1 Å². The summed E-state index contributed by atoms with van der Waals surface area (Å²) in [6.45, 7) is 0. The summed E-state index contributed by atoms with van der Waals surface area (Å²) in [4.78, 5) is 17.3. The largest absolute Gasteiger partial charge is 0.328 e. The zero-order chi connectivity index (χ0) is 20.1. The van der Waals surface area contributed by atoms with Gasteiger partial charge in [-0.15, -0.1) is 0 Å². The number of allylic oxidation sites excluding steroid dienone is 2. The summed E-state index contributed by atoms with van der Waals surface area (Å²) in [5.74, 6) is -1.68. The molecule has 0 spiro atoms. The molecule has 2 heterocycles. The highest BCUT2D eigenvalue weighted by Gasteiger charge is 2.39. The van der Waals surface area contributed by atoms with E-state index in [0.29, 0.717) is 23.6 Å². The second-order valence-corrected chi connectivity index (χ2v) is 7.23. The smallest absolute Gasteiger partial charge is 0.226 e. The number of hydrogen-bond acceptors (Lipinski definition) is 4. The van der Waals surface area contributed by atoms with Crippen LogP contribution in [-0.4, -0.2) is 20.5 Å². The van der Waals surface area contributed by atoms with Gasteiger partial charge in [-0.05, 0) is 47.7 Å². The van der Waals surface area contributed by atoms with E-state index in [2.05, 4.69) is 15.4 Å². The summed E-state index contributed by atoms with van der Waals surface area (Å²) in [6.07, 6.45) is 2.03. The van der Waals surface area contributed by atoms with Crippen LogP contribution in [0.4, 0.5) is 19.1 Å². The third kappa shape index (κ3) is 3.00. The lowest BCUT2D eigenvalue weighted by Crippen LogP contribution is -2.33. The topological polar surface area (TPSA) is 59.8 Å². The Kier molecular flexibility index (Phi) is 4.01. The second-order valence-electron chi connectivity index (χ2n) is 7.23. The molecule has 0 amide bonds. The van der Waals surface area contributed by atoms with E-state index in [0.717, 1.165) is 11.6 Å². The van der Waals surface area contributed by atoms with Gasteiger partial charge in [-0.3, -0.25) is 4.79 Å². The molecular formula is C21H15F3N4O. The van der Waals surface area contributed by atoms with Crippen LogP contribution in [0.25, 0.3) is 0 Å². The summed E-state index contributed by atoms with van der Waals surface area (Å²) in [6, 6.07) is 8.50. The van der Waals surface area contributed by atoms with Gasteiger partial charge < -0.3 is 5.32 Å². The first-order valence-electron chi connectivity index (χ1n) is 9.14. The summed E-state index contributed by atoms with van der Waals surface area (Å²) in [7, 11) is 0. The van der Waals surface area contributed by atoms with Gasteiger partial charge in [0.15, 0.2) is 5.78 Å². The van der Waals surface area contributed by atoms with Crippen molar-refractivity contribution in [2.45, 2.75) is 24.8 Å². The molecule has 0 bridgehead atoms. The number of Topliss-reactive ketones (excluding diaryl/α,β-unsaturated/α-hetero) is 1. The molecule has 1 N–H and O–H groups in total. The molecule has 3 aromatic rings. The van der Waals surface area contributed by atoms with Crippen molar-refractivity contribution in [1.29, 1.82) is 0 Å². The van der Waals surface area contributed by atoms with Crippen LogP contribution in [0, 0.1) is 17.5 Å². The number of carbonyl (C=O) groups is 1. The number of halogens is 3. The molecule has 2 atom stereocenters. The van der Waals surface area contributed by atoms with E-state index in [1.165, 1.54) is 35.3 Å². The van der Waals surface area contributed by atoms with E-state index in [4.69, 9.17) is 0 Å². The molecular weight excluding hydrogens is 381 g/mol. The van der Waals surface area contributed by atoms with Gasteiger partial charge in [0.05, 0.1) is 0 Å². The number of aromatic nitrogens is 3. The monoisotopic (exact) mass is 396 g/mol. The molecule has 0 saturated heterocycles. The Hall–Kier alpha value is -3.42. The Morgan fingerprint density at radius 3 is 2.38 bits per heavy atom. The summed E-state index contributed by atoms with van der Waals surface area (Å²) in [5.41, 5.74) is 2.21. The lowest BCUT2D eigenvalue weighted by atomic mass is 9.78. The van der Waals surface area contributed by atoms with Crippen LogP contribution < -0.4 is 5.32 Å². The molecule has 0 radical (unpaired) electrons. The third-order valence-electron chi connectivity index (χ3n) is 5.40. The molecule has 146 valence electrons. The number of rotatable bonds is 2. The normalized spacial score (nSPS) is 20.9.